The van der Waals surface area contributed by atoms with E-state index in [1.807, 2.05) is 0 Å². The van der Waals surface area contributed by atoms with Crippen LogP contribution in [0.2, 0.25) is 0 Å². The standard InChI is InChI=1S/C11H13N3O3S/c1-2-17-10(16)7-4-12-11(13-5-7)14-6-8(18)3-9(14)15/h4-5,8,18H,2-3,6H2,1H3. The Morgan fingerprint density at radius 3 is 2.72 bits per heavy atom. The summed E-state index contributed by atoms with van der Waals surface area (Å²) < 4.78 is 4.82. The van der Waals surface area contributed by atoms with Gasteiger partial charge in [0, 0.05) is 30.6 Å². The van der Waals surface area contributed by atoms with Crippen LogP contribution >= 0.6 is 12.6 Å². The van der Waals surface area contributed by atoms with Gasteiger partial charge in [-0.15, -0.1) is 0 Å². The van der Waals surface area contributed by atoms with Crippen LogP contribution in [0.1, 0.15) is 23.7 Å². The van der Waals surface area contributed by atoms with Gasteiger partial charge in [-0.3, -0.25) is 9.69 Å². The van der Waals surface area contributed by atoms with Crippen molar-refractivity contribution in [3.8, 4) is 0 Å². The molecule has 0 spiro atoms. The SMILES string of the molecule is CCOC(=O)c1cnc(N2CC(S)CC2=O)nc1. The molecule has 96 valence electrons. The van der Waals surface area contributed by atoms with Gasteiger partial charge in [-0.1, -0.05) is 0 Å². The van der Waals surface area contributed by atoms with Gasteiger partial charge in [0.25, 0.3) is 0 Å². The number of hydrogen-bond acceptors (Lipinski definition) is 6. The zero-order valence-electron chi connectivity index (χ0n) is 9.87. The lowest BCUT2D eigenvalue weighted by molar-refractivity contribution is -0.117. The van der Waals surface area contributed by atoms with Gasteiger partial charge in [0.1, 0.15) is 0 Å². The average Bonchev–Trinajstić information content (AvgIpc) is 2.69. The number of thiol groups is 1. The Morgan fingerprint density at radius 1 is 1.56 bits per heavy atom. The van der Waals surface area contributed by atoms with Gasteiger partial charge in [0.2, 0.25) is 11.9 Å². The lowest BCUT2D eigenvalue weighted by Gasteiger charge is -2.13. The molecule has 7 heteroatoms. The van der Waals surface area contributed by atoms with Crippen molar-refractivity contribution in [3.63, 3.8) is 0 Å². The number of nitrogens with zero attached hydrogens (tertiary/aromatic N) is 3. The molecule has 1 aliphatic heterocycles. The molecule has 1 aliphatic rings. The van der Waals surface area contributed by atoms with Gasteiger partial charge in [0.05, 0.1) is 12.2 Å². The van der Waals surface area contributed by atoms with Crippen LogP contribution in [0.25, 0.3) is 0 Å². The molecule has 1 atom stereocenters. The Morgan fingerprint density at radius 2 is 2.22 bits per heavy atom. The average molecular weight is 267 g/mol. The summed E-state index contributed by atoms with van der Waals surface area (Å²) in [6.45, 7) is 2.51. The molecule has 2 heterocycles. The highest BCUT2D eigenvalue weighted by molar-refractivity contribution is 7.81. The van der Waals surface area contributed by atoms with E-state index >= 15 is 0 Å². The summed E-state index contributed by atoms with van der Waals surface area (Å²) in [6, 6.07) is 0. The van der Waals surface area contributed by atoms with Gasteiger partial charge in [0.15, 0.2) is 0 Å². The van der Waals surface area contributed by atoms with E-state index in [0.29, 0.717) is 25.5 Å². The zero-order valence-corrected chi connectivity index (χ0v) is 10.8. The first kappa shape index (κ1) is 12.8. The molecular weight excluding hydrogens is 254 g/mol. The first-order valence-electron chi connectivity index (χ1n) is 5.59. The summed E-state index contributed by atoms with van der Waals surface area (Å²) in [5.41, 5.74) is 0.273. The number of ether oxygens (including phenoxy) is 1. The molecule has 0 radical (unpaired) electrons. The number of amides is 1. The number of hydrogen-bond donors (Lipinski definition) is 1. The summed E-state index contributed by atoms with van der Waals surface area (Å²) in [6.07, 6.45) is 3.10. The van der Waals surface area contributed by atoms with Crippen molar-refractivity contribution in [3.05, 3.63) is 18.0 Å². The Hall–Kier alpha value is -1.63. The van der Waals surface area contributed by atoms with Crippen LogP contribution in [0.15, 0.2) is 12.4 Å². The zero-order chi connectivity index (χ0) is 13.1. The molecule has 1 aromatic heterocycles. The van der Waals surface area contributed by atoms with E-state index in [1.165, 1.54) is 17.3 Å². The van der Waals surface area contributed by atoms with Crippen LogP contribution < -0.4 is 4.90 Å². The van der Waals surface area contributed by atoms with Crippen LogP contribution in [0, 0.1) is 0 Å². The minimum absolute atomic E-state index is 0.00540. The number of anilines is 1. The summed E-state index contributed by atoms with van der Waals surface area (Å²) in [4.78, 5) is 32.5. The summed E-state index contributed by atoms with van der Waals surface area (Å²) >= 11 is 4.25. The van der Waals surface area contributed by atoms with E-state index in [4.69, 9.17) is 4.74 Å². The predicted octanol–water partition coefficient (Wildman–Crippen LogP) is 0.688. The Balaban J connectivity index is 2.13. The third kappa shape index (κ3) is 2.61. The molecule has 0 aliphatic carbocycles. The molecule has 0 bridgehead atoms. The highest BCUT2D eigenvalue weighted by Crippen LogP contribution is 2.20. The molecule has 0 aromatic carbocycles. The maximum atomic E-state index is 11.6. The highest BCUT2D eigenvalue weighted by atomic mass is 32.1. The second kappa shape index (κ2) is 5.34. The Kier molecular flexibility index (Phi) is 3.81. The minimum atomic E-state index is -0.469. The Labute approximate surface area is 110 Å². The van der Waals surface area contributed by atoms with Gasteiger partial charge in [-0.2, -0.15) is 12.6 Å². The molecule has 0 saturated carbocycles. The van der Waals surface area contributed by atoms with E-state index in [1.54, 1.807) is 6.92 Å². The second-order valence-electron chi connectivity index (χ2n) is 3.85. The van der Waals surface area contributed by atoms with Crippen molar-refractivity contribution >= 4 is 30.5 Å². The van der Waals surface area contributed by atoms with Crippen molar-refractivity contribution in [1.29, 1.82) is 0 Å². The lowest BCUT2D eigenvalue weighted by Crippen LogP contribution is -2.26. The van der Waals surface area contributed by atoms with Crippen LogP contribution in [0.3, 0.4) is 0 Å². The largest absolute Gasteiger partial charge is 0.462 e. The van der Waals surface area contributed by atoms with Crippen LogP contribution in [-0.2, 0) is 9.53 Å². The third-order valence-electron chi connectivity index (χ3n) is 2.50. The smallest absolute Gasteiger partial charge is 0.341 e. The monoisotopic (exact) mass is 267 g/mol. The van der Waals surface area contributed by atoms with Gasteiger partial charge in [-0.25, -0.2) is 14.8 Å². The van der Waals surface area contributed by atoms with Crippen molar-refractivity contribution in [1.82, 2.24) is 9.97 Å². The summed E-state index contributed by atoms with van der Waals surface area (Å²) in [5.74, 6) is -0.229. The maximum absolute atomic E-state index is 11.6. The molecular formula is C11H13N3O3S. The Bertz CT molecular complexity index is 463. The topological polar surface area (TPSA) is 72.4 Å². The maximum Gasteiger partial charge on any atom is 0.341 e. The summed E-state index contributed by atoms with van der Waals surface area (Å²) in [5, 5.41) is 0.00540. The number of carbonyl (C=O) groups excluding carboxylic acids is 2. The molecule has 1 saturated heterocycles. The molecule has 18 heavy (non-hydrogen) atoms. The molecule has 1 unspecified atom stereocenters. The molecule has 6 nitrogen and oxygen atoms in total. The van der Waals surface area contributed by atoms with Crippen LogP contribution in [0.5, 0.6) is 0 Å². The highest BCUT2D eigenvalue weighted by Gasteiger charge is 2.30. The lowest BCUT2D eigenvalue weighted by atomic mass is 10.3. The van der Waals surface area contributed by atoms with Crippen LogP contribution in [0.4, 0.5) is 5.95 Å². The van der Waals surface area contributed by atoms with E-state index in [9.17, 15) is 9.59 Å². The molecule has 1 aromatic rings. The fraction of sp³-hybridized carbons (Fsp3) is 0.455. The number of carbonyl (C=O) groups is 2. The molecule has 2 rings (SSSR count). The van der Waals surface area contributed by atoms with E-state index in [2.05, 4.69) is 22.6 Å². The van der Waals surface area contributed by atoms with E-state index in [0.717, 1.165) is 0 Å². The van der Waals surface area contributed by atoms with E-state index < -0.39 is 5.97 Å². The third-order valence-corrected chi connectivity index (χ3v) is 2.84. The molecule has 1 fully saturated rings. The number of rotatable bonds is 3. The van der Waals surface area contributed by atoms with Gasteiger partial charge in [-0.05, 0) is 6.92 Å². The van der Waals surface area contributed by atoms with Gasteiger partial charge < -0.3 is 4.74 Å². The number of aromatic nitrogens is 2. The fourth-order valence-corrected chi connectivity index (χ4v) is 1.98. The normalized spacial score (nSPS) is 19.1. The first-order chi connectivity index (χ1) is 8.61. The van der Waals surface area contributed by atoms with Crippen molar-refractivity contribution in [2.24, 2.45) is 0 Å². The molecule has 1 amide bonds. The van der Waals surface area contributed by atoms with Crippen molar-refractivity contribution in [2.75, 3.05) is 18.1 Å². The van der Waals surface area contributed by atoms with Crippen molar-refractivity contribution in [2.45, 2.75) is 18.6 Å². The quantitative estimate of drug-likeness (QED) is 0.644. The minimum Gasteiger partial charge on any atom is -0.462 e. The summed E-state index contributed by atoms with van der Waals surface area (Å²) in [7, 11) is 0. The van der Waals surface area contributed by atoms with Gasteiger partial charge >= 0.3 is 5.97 Å². The molecule has 0 N–H and O–H groups in total. The van der Waals surface area contributed by atoms with E-state index in [-0.39, 0.29) is 16.7 Å². The second-order valence-corrected chi connectivity index (χ2v) is 4.58. The number of esters is 1. The van der Waals surface area contributed by atoms with Crippen LogP contribution in [-0.4, -0.2) is 40.2 Å². The predicted molar refractivity (Wildman–Crippen MR) is 67.7 cm³/mol. The first-order valence-corrected chi connectivity index (χ1v) is 6.11. The van der Waals surface area contributed by atoms with Crippen molar-refractivity contribution < 1.29 is 14.3 Å². The fourth-order valence-electron chi connectivity index (χ4n) is 1.66.